The van der Waals surface area contributed by atoms with Crippen molar-refractivity contribution >= 4 is 17.5 Å². The number of nitrogens with zero attached hydrogens (tertiary/aromatic N) is 1. The SMILES string of the molecule is C/C(=N\OCC(=O)OCC(=O)c1ccc(F)cc1)c1ccc2c(c1)OCO2. The largest absolute Gasteiger partial charge is 0.455 e. The second kappa shape index (κ2) is 8.31. The Kier molecular flexibility index (Phi) is 5.65. The summed E-state index contributed by atoms with van der Waals surface area (Å²) >= 11 is 0. The van der Waals surface area contributed by atoms with Crippen molar-refractivity contribution in [2.75, 3.05) is 20.0 Å². The van der Waals surface area contributed by atoms with Crippen molar-refractivity contribution in [1.29, 1.82) is 0 Å². The van der Waals surface area contributed by atoms with E-state index in [2.05, 4.69) is 5.16 Å². The first-order valence-electron chi connectivity index (χ1n) is 8.04. The van der Waals surface area contributed by atoms with Gasteiger partial charge in [-0.15, -0.1) is 0 Å². The van der Waals surface area contributed by atoms with Crippen LogP contribution in [0.3, 0.4) is 0 Å². The molecular formula is C19H16FNO6. The topological polar surface area (TPSA) is 83.4 Å². The molecule has 0 spiro atoms. The number of esters is 1. The number of Topliss-reactive ketones (excluding diaryl/α,β-unsaturated/α-hetero) is 1. The molecule has 0 fully saturated rings. The number of halogens is 1. The number of ketones is 1. The number of benzene rings is 2. The van der Waals surface area contributed by atoms with Gasteiger partial charge in [-0.2, -0.15) is 0 Å². The summed E-state index contributed by atoms with van der Waals surface area (Å²) in [4.78, 5) is 28.4. The summed E-state index contributed by atoms with van der Waals surface area (Å²) in [6.07, 6.45) is 0. The lowest BCUT2D eigenvalue weighted by molar-refractivity contribution is -0.147. The van der Waals surface area contributed by atoms with Gasteiger partial charge in [0.05, 0.1) is 5.71 Å². The highest BCUT2D eigenvalue weighted by molar-refractivity contribution is 5.99. The highest BCUT2D eigenvalue weighted by Crippen LogP contribution is 2.32. The van der Waals surface area contributed by atoms with Crippen LogP contribution < -0.4 is 9.47 Å². The van der Waals surface area contributed by atoms with Gasteiger partial charge in [0.2, 0.25) is 13.4 Å². The molecule has 8 heteroatoms. The van der Waals surface area contributed by atoms with Crippen molar-refractivity contribution in [1.82, 2.24) is 0 Å². The van der Waals surface area contributed by atoms with Crippen molar-refractivity contribution in [3.8, 4) is 11.5 Å². The molecule has 0 N–H and O–H groups in total. The molecule has 1 heterocycles. The fourth-order valence-corrected chi connectivity index (χ4v) is 2.26. The molecule has 0 saturated carbocycles. The number of rotatable bonds is 7. The summed E-state index contributed by atoms with van der Waals surface area (Å²) < 4.78 is 28.2. The van der Waals surface area contributed by atoms with Crippen molar-refractivity contribution in [2.45, 2.75) is 6.92 Å². The summed E-state index contributed by atoms with van der Waals surface area (Å²) in [7, 11) is 0. The van der Waals surface area contributed by atoms with Gasteiger partial charge >= 0.3 is 5.97 Å². The molecule has 0 aromatic heterocycles. The standard InChI is InChI=1S/C19H16FNO6/c1-12(14-4-7-17-18(8-14)26-11-25-17)21-27-10-19(23)24-9-16(22)13-2-5-15(20)6-3-13/h2-8H,9-11H2,1H3/b21-12+. The minimum absolute atomic E-state index is 0.175. The minimum Gasteiger partial charge on any atom is -0.455 e. The molecule has 1 aliphatic heterocycles. The Balaban J connectivity index is 1.45. The number of fused-ring (bicyclic) bond motifs is 1. The molecule has 1 aliphatic rings. The molecule has 140 valence electrons. The van der Waals surface area contributed by atoms with E-state index in [1.54, 1.807) is 25.1 Å². The smallest absolute Gasteiger partial charge is 0.347 e. The van der Waals surface area contributed by atoms with Gasteiger partial charge in [0.15, 0.2) is 23.9 Å². The Bertz CT molecular complexity index is 878. The van der Waals surface area contributed by atoms with E-state index in [4.69, 9.17) is 19.0 Å². The molecule has 0 saturated heterocycles. The molecule has 7 nitrogen and oxygen atoms in total. The van der Waals surface area contributed by atoms with E-state index in [0.29, 0.717) is 17.2 Å². The molecule has 2 aromatic rings. The van der Waals surface area contributed by atoms with Gasteiger partial charge in [0, 0.05) is 11.1 Å². The molecule has 27 heavy (non-hydrogen) atoms. The van der Waals surface area contributed by atoms with Crippen LogP contribution in [0.15, 0.2) is 47.6 Å². The molecule has 0 bridgehead atoms. The third kappa shape index (κ3) is 4.81. The fourth-order valence-electron chi connectivity index (χ4n) is 2.26. The molecule has 0 unspecified atom stereocenters. The van der Waals surface area contributed by atoms with Crippen LogP contribution in [0.4, 0.5) is 4.39 Å². The monoisotopic (exact) mass is 373 g/mol. The Labute approximate surface area is 154 Å². The fraction of sp³-hybridized carbons (Fsp3) is 0.211. The van der Waals surface area contributed by atoms with Gasteiger partial charge < -0.3 is 19.0 Å². The summed E-state index contributed by atoms with van der Waals surface area (Å²) in [6.45, 7) is 0.978. The Morgan fingerprint density at radius 2 is 1.74 bits per heavy atom. The van der Waals surface area contributed by atoms with Crippen LogP contribution in [0, 0.1) is 5.82 Å². The van der Waals surface area contributed by atoms with Gasteiger partial charge in [-0.1, -0.05) is 5.16 Å². The predicted octanol–water partition coefficient (Wildman–Crippen LogP) is 2.72. The number of ether oxygens (including phenoxy) is 3. The maximum atomic E-state index is 12.8. The second-order valence-electron chi connectivity index (χ2n) is 5.61. The van der Waals surface area contributed by atoms with E-state index in [1.165, 1.54) is 12.1 Å². The van der Waals surface area contributed by atoms with Crippen molar-refractivity contribution < 1.29 is 33.0 Å². The first kappa shape index (κ1) is 18.4. The number of oxime groups is 1. The zero-order chi connectivity index (χ0) is 19.2. The number of hydrogen-bond donors (Lipinski definition) is 0. The van der Waals surface area contributed by atoms with E-state index < -0.39 is 30.8 Å². The van der Waals surface area contributed by atoms with Gasteiger partial charge in [-0.25, -0.2) is 9.18 Å². The molecule has 0 atom stereocenters. The Morgan fingerprint density at radius 1 is 1.04 bits per heavy atom. The van der Waals surface area contributed by atoms with Crippen LogP contribution in [-0.2, 0) is 14.4 Å². The maximum Gasteiger partial charge on any atom is 0.347 e. The zero-order valence-corrected chi connectivity index (χ0v) is 14.4. The van der Waals surface area contributed by atoms with Crippen LogP contribution in [0.5, 0.6) is 11.5 Å². The lowest BCUT2D eigenvalue weighted by Crippen LogP contribution is -2.17. The predicted molar refractivity (Wildman–Crippen MR) is 92.4 cm³/mol. The van der Waals surface area contributed by atoms with E-state index >= 15 is 0 Å². The van der Waals surface area contributed by atoms with Crippen LogP contribution in [0.2, 0.25) is 0 Å². The van der Waals surface area contributed by atoms with Gasteiger partial charge in [0.1, 0.15) is 5.82 Å². The number of hydrogen-bond acceptors (Lipinski definition) is 7. The third-order valence-corrected chi connectivity index (χ3v) is 3.70. The highest BCUT2D eigenvalue weighted by Gasteiger charge is 2.14. The van der Waals surface area contributed by atoms with E-state index in [0.717, 1.165) is 17.7 Å². The molecule has 0 amide bonds. The summed E-state index contributed by atoms with van der Waals surface area (Å²) in [5, 5.41) is 3.85. The molecule has 3 rings (SSSR count). The third-order valence-electron chi connectivity index (χ3n) is 3.70. The molecule has 0 radical (unpaired) electrons. The highest BCUT2D eigenvalue weighted by atomic mass is 19.1. The molecular weight excluding hydrogens is 357 g/mol. The number of carbonyl (C=O) groups is 2. The van der Waals surface area contributed by atoms with E-state index in [9.17, 15) is 14.0 Å². The molecule has 0 aliphatic carbocycles. The van der Waals surface area contributed by atoms with Crippen molar-refractivity contribution in [2.24, 2.45) is 5.16 Å². The second-order valence-corrected chi connectivity index (χ2v) is 5.61. The average Bonchev–Trinajstić information content (AvgIpc) is 3.14. The Hall–Kier alpha value is -3.42. The molecule has 2 aromatic carbocycles. The minimum atomic E-state index is -0.743. The summed E-state index contributed by atoms with van der Waals surface area (Å²) in [6, 6.07) is 10.3. The van der Waals surface area contributed by atoms with E-state index in [1.807, 2.05) is 0 Å². The van der Waals surface area contributed by atoms with E-state index in [-0.39, 0.29) is 12.4 Å². The van der Waals surface area contributed by atoms with Crippen LogP contribution >= 0.6 is 0 Å². The first-order valence-corrected chi connectivity index (χ1v) is 8.04. The quantitative estimate of drug-likeness (QED) is 0.321. The lowest BCUT2D eigenvalue weighted by Gasteiger charge is -2.05. The van der Waals surface area contributed by atoms with Gasteiger partial charge in [-0.3, -0.25) is 4.79 Å². The van der Waals surface area contributed by atoms with Crippen LogP contribution in [-0.4, -0.2) is 37.5 Å². The first-order chi connectivity index (χ1) is 13.0. The van der Waals surface area contributed by atoms with Crippen molar-refractivity contribution in [3.63, 3.8) is 0 Å². The number of carbonyl (C=O) groups excluding carboxylic acids is 2. The maximum absolute atomic E-state index is 12.8. The lowest BCUT2D eigenvalue weighted by atomic mass is 10.1. The van der Waals surface area contributed by atoms with Gasteiger partial charge in [0.25, 0.3) is 0 Å². The van der Waals surface area contributed by atoms with Crippen LogP contribution in [0.1, 0.15) is 22.8 Å². The van der Waals surface area contributed by atoms with Crippen LogP contribution in [0.25, 0.3) is 0 Å². The van der Waals surface area contributed by atoms with Crippen molar-refractivity contribution in [3.05, 3.63) is 59.4 Å². The average molecular weight is 373 g/mol. The summed E-state index contributed by atoms with van der Waals surface area (Å²) in [5.41, 5.74) is 1.53. The Morgan fingerprint density at radius 3 is 2.52 bits per heavy atom. The normalized spacial score (nSPS) is 12.6. The zero-order valence-electron chi connectivity index (χ0n) is 14.4. The summed E-state index contributed by atoms with van der Waals surface area (Å²) in [5.74, 6) is -0.369. The van der Waals surface area contributed by atoms with Gasteiger partial charge in [-0.05, 0) is 49.4 Å².